The van der Waals surface area contributed by atoms with Crippen LogP contribution in [0.1, 0.15) is 44.7 Å². The summed E-state index contributed by atoms with van der Waals surface area (Å²) in [6, 6.07) is 9.97. The molecule has 1 aliphatic carbocycles. The molecule has 0 radical (unpaired) electrons. The van der Waals surface area contributed by atoms with Crippen LogP contribution in [-0.4, -0.2) is 20.7 Å². The lowest BCUT2D eigenvalue weighted by Crippen LogP contribution is -2.28. The van der Waals surface area contributed by atoms with Gasteiger partial charge in [-0.25, -0.2) is 4.98 Å². The maximum Gasteiger partial charge on any atom is 0.272 e. The molecule has 1 saturated carbocycles. The third kappa shape index (κ3) is 3.73. The van der Waals surface area contributed by atoms with Crippen molar-refractivity contribution in [2.75, 3.05) is 5.32 Å². The summed E-state index contributed by atoms with van der Waals surface area (Å²) < 4.78 is 2.50. The van der Waals surface area contributed by atoms with Crippen molar-refractivity contribution in [1.82, 2.24) is 9.55 Å². The molecule has 28 heavy (non-hydrogen) atoms. The van der Waals surface area contributed by atoms with E-state index in [9.17, 15) is 9.59 Å². The summed E-state index contributed by atoms with van der Waals surface area (Å²) in [4.78, 5) is 30.6. The van der Waals surface area contributed by atoms with E-state index in [2.05, 4.69) is 12.2 Å². The lowest BCUT2D eigenvalue weighted by atomic mass is 10.1. The van der Waals surface area contributed by atoms with E-state index in [0.29, 0.717) is 16.3 Å². The Morgan fingerprint density at radius 1 is 1.32 bits per heavy atom. The predicted octanol–water partition coefficient (Wildman–Crippen LogP) is 4.86. The largest absolute Gasteiger partial charge is 0.325 e. The molecule has 1 amide bonds. The van der Waals surface area contributed by atoms with E-state index in [-0.39, 0.29) is 22.8 Å². The molecule has 0 aliphatic heterocycles. The lowest BCUT2D eigenvalue weighted by molar-refractivity contribution is -0.115. The van der Waals surface area contributed by atoms with Crippen molar-refractivity contribution < 1.29 is 4.79 Å². The molecule has 1 aromatic carbocycles. The van der Waals surface area contributed by atoms with Crippen molar-refractivity contribution in [3.05, 3.63) is 51.6 Å². The molecule has 0 unspecified atom stereocenters. The number of carbonyl (C=O) groups is 1. The number of aryl methyl sites for hydroxylation is 1. The van der Waals surface area contributed by atoms with Gasteiger partial charge in [0.15, 0.2) is 5.16 Å². The molecule has 4 rings (SSSR count). The Hall–Kier alpha value is -2.12. The number of thiophene rings is 1. The van der Waals surface area contributed by atoms with Crippen LogP contribution in [0.25, 0.3) is 10.2 Å². The molecule has 1 N–H and O–H groups in total. The van der Waals surface area contributed by atoms with Crippen molar-refractivity contribution in [2.24, 2.45) is 0 Å². The number of hydrogen-bond acceptors (Lipinski definition) is 5. The van der Waals surface area contributed by atoms with E-state index in [1.165, 1.54) is 23.1 Å². The standard InChI is InChI=1S/C21H23N3O2S2/c1-3-13-7-5-6-8-15(13)22-19(25)17(4-2)28-21-23-16-11-12-27-18(16)20(26)24(21)14-9-10-14/h5-8,11-12,14,17H,3-4,9-10H2,1-2H3,(H,22,25)/t17-/m1/s1. The van der Waals surface area contributed by atoms with Gasteiger partial charge in [0.25, 0.3) is 5.56 Å². The second-order valence-electron chi connectivity index (χ2n) is 6.95. The Balaban J connectivity index is 1.62. The average molecular weight is 414 g/mol. The predicted molar refractivity (Wildman–Crippen MR) is 117 cm³/mol. The molecule has 3 aromatic rings. The zero-order chi connectivity index (χ0) is 19.7. The number of carbonyl (C=O) groups excluding carboxylic acids is 1. The molecule has 1 fully saturated rings. The normalized spacial score (nSPS) is 14.9. The minimum atomic E-state index is -0.308. The summed E-state index contributed by atoms with van der Waals surface area (Å²) >= 11 is 2.84. The van der Waals surface area contributed by atoms with Gasteiger partial charge in [0.2, 0.25) is 5.91 Å². The van der Waals surface area contributed by atoms with E-state index in [4.69, 9.17) is 4.98 Å². The van der Waals surface area contributed by atoms with Gasteiger partial charge >= 0.3 is 0 Å². The number of aromatic nitrogens is 2. The molecule has 7 heteroatoms. The number of anilines is 1. The van der Waals surface area contributed by atoms with Gasteiger partial charge in [-0.05, 0) is 48.8 Å². The molecule has 2 heterocycles. The van der Waals surface area contributed by atoms with Gasteiger partial charge in [-0.3, -0.25) is 14.2 Å². The minimum Gasteiger partial charge on any atom is -0.325 e. The first kappa shape index (κ1) is 19.2. The third-order valence-corrected chi connectivity index (χ3v) is 7.18. The average Bonchev–Trinajstić information content (AvgIpc) is 3.42. The van der Waals surface area contributed by atoms with Gasteiger partial charge in [0, 0.05) is 11.7 Å². The van der Waals surface area contributed by atoms with Crippen molar-refractivity contribution in [3.63, 3.8) is 0 Å². The van der Waals surface area contributed by atoms with Crippen LogP contribution in [0.15, 0.2) is 45.7 Å². The first-order valence-corrected chi connectivity index (χ1v) is 11.4. The first-order chi connectivity index (χ1) is 13.6. The van der Waals surface area contributed by atoms with E-state index < -0.39 is 0 Å². The Kier molecular flexibility index (Phi) is 5.55. The number of amides is 1. The summed E-state index contributed by atoms with van der Waals surface area (Å²) in [5, 5.41) is 5.32. The summed E-state index contributed by atoms with van der Waals surface area (Å²) in [5.41, 5.74) is 2.72. The smallest absolute Gasteiger partial charge is 0.272 e. The highest BCUT2D eigenvalue weighted by molar-refractivity contribution is 8.00. The third-order valence-electron chi connectivity index (χ3n) is 4.96. The maximum absolute atomic E-state index is 13.0. The quantitative estimate of drug-likeness (QED) is 0.444. The molecule has 1 aliphatic rings. The molecular weight excluding hydrogens is 390 g/mol. The molecule has 5 nitrogen and oxygen atoms in total. The number of para-hydroxylation sites is 1. The van der Waals surface area contributed by atoms with Gasteiger partial charge in [-0.2, -0.15) is 0 Å². The van der Waals surface area contributed by atoms with E-state index >= 15 is 0 Å². The fraction of sp³-hybridized carbons (Fsp3) is 0.381. The number of rotatable bonds is 7. The maximum atomic E-state index is 13.0. The second-order valence-corrected chi connectivity index (χ2v) is 9.04. The highest BCUT2D eigenvalue weighted by Crippen LogP contribution is 2.38. The van der Waals surface area contributed by atoms with Crippen LogP contribution in [0.4, 0.5) is 5.69 Å². The lowest BCUT2D eigenvalue weighted by Gasteiger charge is -2.18. The summed E-state index contributed by atoms with van der Waals surface area (Å²) in [5.74, 6) is -0.0459. The SMILES string of the molecule is CCc1ccccc1NC(=O)[C@@H](CC)Sc1nc2ccsc2c(=O)n1C1CC1. The molecule has 0 bridgehead atoms. The van der Waals surface area contributed by atoms with Crippen LogP contribution in [0.5, 0.6) is 0 Å². The van der Waals surface area contributed by atoms with Crippen LogP contribution in [0.3, 0.4) is 0 Å². The topological polar surface area (TPSA) is 64.0 Å². The molecule has 0 saturated heterocycles. The number of nitrogens with one attached hydrogen (secondary N) is 1. The number of thioether (sulfide) groups is 1. The molecule has 0 spiro atoms. The fourth-order valence-electron chi connectivity index (χ4n) is 3.25. The van der Waals surface area contributed by atoms with E-state index in [0.717, 1.165) is 36.0 Å². The Labute approximate surface area is 172 Å². The zero-order valence-corrected chi connectivity index (χ0v) is 17.6. The van der Waals surface area contributed by atoms with Crippen LogP contribution < -0.4 is 10.9 Å². The minimum absolute atomic E-state index is 0.0246. The number of nitrogens with zero attached hydrogens (tertiary/aromatic N) is 2. The molecule has 2 aromatic heterocycles. The molecular formula is C21H23N3O2S2. The Morgan fingerprint density at radius 3 is 2.82 bits per heavy atom. The van der Waals surface area contributed by atoms with Crippen LogP contribution in [0.2, 0.25) is 0 Å². The van der Waals surface area contributed by atoms with Crippen molar-refractivity contribution in [3.8, 4) is 0 Å². The van der Waals surface area contributed by atoms with E-state index in [1.54, 1.807) is 4.57 Å². The van der Waals surface area contributed by atoms with E-state index in [1.807, 2.05) is 42.6 Å². The van der Waals surface area contributed by atoms with Gasteiger partial charge < -0.3 is 5.32 Å². The van der Waals surface area contributed by atoms with Crippen LogP contribution >= 0.6 is 23.1 Å². The second kappa shape index (κ2) is 8.09. The fourth-order valence-corrected chi connectivity index (χ4v) is 5.11. The first-order valence-electron chi connectivity index (χ1n) is 9.67. The van der Waals surface area contributed by atoms with Crippen LogP contribution in [-0.2, 0) is 11.2 Å². The highest BCUT2D eigenvalue weighted by Gasteiger charge is 2.31. The van der Waals surface area contributed by atoms with Crippen LogP contribution in [0, 0.1) is 0 Å². The Morgan fingerprint density at radius 2 is 2.11 bits per heavy atom. The van der Waals surface area contributed by atoms with Gasteiger partial charge in [0.1, 0.15) is 4.70 Å². The summed E-state index contributed by atoms with van der Waals surface area (Å²) in [7, 11) is 0. The van der Waals surface area contributed by atoms with Gasteiger partial charge in [-0.1, -0.05) is 43.8 Å². The highest BCUT2D eigenvalue weighted by atomic mass is 32.2. The zero-order valence-electron chi connectivity index (χ0n) is 16.0. The monoisotopic (exact) mass is 413 g/mol. The summed E-state index contributed by atoms with van der Waals surface area (Å²) in [6.07, 6.45) is 3.52. The van der Waals surface area contributed by atoms with Crippen molar-refractivity contribution in [2.45, 2.75) is 56.0 Å². The number of fused-ring (bicyclic) bond motifs is 1. The Bertz CT molecular complexity index is 1070. The summed E-state index contributed by atoms with van der Waals surface area (Å²) in [6.45, 7) is 4.07. The molecule has 146 valence electrons. The van der Waals surface area contributed by atoms with Crippen molar-refractivity contribution in [1.29, 1.82) is 0 Å². The number of benzene rings is 1. The number of hydrogen-bond donors (Lipinski definition) is 1. The van der Waals surface area contributed by atoms with Crippen molar-refractivity contribution >= 4 is 44.9 Å². The van der Waals surface area contributed by atoms with Gasteiger partial charge in [-0.15, -0.1) is 11.3 Å². The molecule has 1 atom stereocenters. The van der Waals surface area contributed by atoms with Gasteiger partial charge in [0.05, 0.1) is 10.8 Å².